The van der Waals surface area contributed by atoms with E-state index in [9.17, 15) is 9.18 Å². The van der Waals surface area contributed by atoms with Gasteiger partial charge < -0.3 is 5.11 Å². The Labute approximate surface area is 111 Å². The minimum Gasteiger partial charge on any atom is -0.476 e. The maximum absolute atomic E-state index is 13.7. The third kappa shape index (κ3) is 2.80. The second kappa shape index (κ2) is 5.47. The zero-order valence-corrected chi connectivity index (χ0v) is 10.8. The lowest BCUT2D eigenvalue weighted by atomic mass is 10.2. The van der Waals surface area contributed by atoms with Crippen molar-refractivity contribution in [2.45, 2.75) is 11.8 Å². The van der Waals surface area contributed by atoms with Gasteiger partial charge in [0.1, 0.15) is 5.82 Å². The minimum absolute atomic E-state index is 0.169. The van der Waals surface area contributed by atoms with Gasteiger partial charge in [-0.2, -0.15) is 4.33 Å². The molecule has 0 bridgehead atoms. The molecule has 0 fully saturated rings. The zero-order chi connectivity index (χ0) is 14.0. The largest absolute Gasteiger partial charge is 0.476 e. The highest BCUT2D eigenvalue weighted by Gasteiger charge is 2.14. The third-order valence-electron chi connectivity index (χ3n) is 2.29. The van der Waals surface area contributed by atoms with Crippen molar-refractivity contribution in [1.29, 1.82) is 0 Å². The quantitative estimate of drug-likeness (QED) is 0.524. The van der Waals surface area contributed by atoms with E-state index >= 15 is 0 Å². The van der Waals surface area contributed by atoms with E-state index in [1.54, 1.807) is 0 Å². The second-order valence-electron chi connectivity index (χ2n) is 3.55. The van der Waals surface area contributed by atoms with Gasteiger partial charge in [-0.05, 0) is 13.0 Å². The van der Waals surface area contributed by atoms with Crippen LogP contribution < -0.4 is 0 Å². The number of halogens is 1. The van der Waals surface area contributed by atoms with E-state index in [1.807, 2.05) is 0 Å². The minimum atomic E-state index is -1.20. The van der Waals surface area contributed by atoms with Gasteiger partial charge in [0.25, 0.3) is 0 Å². The van der Waals surface area contributed by atoms with E-state index in [0.717, 1.165) is 6.07 Å². The summed E-state index contributed by atoms with van der Waals surface area (Å²) in [4.78, 5) is 23.4. The van der Waals surface area contributed by atoms with Gasteiger partial charge in [-0.3, -0.25) is 0 Å². The van der Waals surface area contributed by atoms with E-state index in [-0.39, 0.29) is 21.8 Å². The Kier molecular flexibility index (Phi) is 3.93. The number of carbonyl (C=O) groups is 1. The van der Waals surface area contributed by atoms with Crippen LogP contribution in [-0.2, 0) is 9.22 Å². The molecule has 2 aromatic rings. The number of aryl methyl sites for hydroxylation is 1. The number of carboxylic acid groups (broad SMARTS) is 1. The van der Waals surface area contributed by atoms with Gasteiger partial charge in [0.05, 0.1) is 40.8 Å². The molecule has 1 aromatic carbocycles. The highest BCUT2D eigenvalue weighted by atomic mass is 32.2. The summed E-state index contributed by atoms with van der Waals surface area (Å²) >= 11 is 0.697. The molecule has 2 rings (SSSR count). The van der Waals surface area contributed by atoms with Crippen LogP contribution >= 0.6 is 12.0 Å². The van der Waals surface area contributed by atoms with Gasteiger partial charge in [0.2, 0.25) is 0 Å². The van der Waals surface area contributed by atoms with Crippen molar-refractivity contribution in [2.24, 2.45) is 0 Å². The summed E-state index contributed by atoms with van der Waals surface area (Å²) < 4.78 is 18.3. The predicted octanol–water partition coefficient (Wildman–Crippen LogP) is 2.36. The van der Waals surface area contributed by atoms with E-state index in [4.69, 9.17) is 5.11 Å². The molecular weight excluding hydrogens is 275 g/mol. The molecule has 0 saturated carbocycles. The molecule has 0 radical (unpaired) electrons. The molecule has 6 nitrogen and oxygen atoms in total. The number of fused-ring (bicyclic) bond motifs is 1. The molecule has 0 atom stereocenters. The molecule has 19 heavy (non-hydrogen) atoms. The molecule has 0 spiro atoms. The maximum Gasteiger partial charge on any atom is 0.356 e. The summed E-state index contributed by atoms with van der Waals surface area (Å²) in [5.41, 5.74) is 0.615. The van der Waals surface area contributed by atoms with Crippen LogP contribution in [0.25, 0.3) is 11.0 Å². The molecule has 0 unspecified atom stereocenters. The lowest BCUT2D eigenvalue weighted by Crippen LogP contribution is -2.06. The Balaban J connectivity index is 2.55. The summed E-state index contributed by atoms with van der Waals surface area (Å²) in [5.74, 6) is -1.79. The molecule has 0 aliphatic carbocycles. The van der Waals surface area contributed by atoms with Crippen molar-refractivity contribution in [3.05, 3.63) is 29.3 Å². The lowest BCUT2D eigenvalue weighted by Gasteiger charge is -2.05. The van der Waals surface area contributed by atoms with Crippen LogP contribution in [0.2, 0.25) is 0 Å². The average molecular weight is 284 g/mol. The summed E-state index contributed by atoms with van der Waals surface area (Å²) in [6.45, 7) is 1.53. The molecule has 1 heterocycles. The van der Waals surface area contributed by atoms with Crippen LogP contribution in [-0.4, -0.2) is 28.2 Å². The van der Waals surface area contributed by atoms with E-state index in [2.05, 4.69) is 19.2 Å². The lowest BCUT2D eigenvalue weighted by molar-refractivity contribution is -0.160. The molecule has 1 aromatic heterocycles. The predicted molar refractivity (Wildman–Crippen MR) is 65.1 cm³/mol. The summed E-state index contributed by atoms with van der Waals surface area (Å²) in [5, 5.41) is 8.93. The van der Waals surface area contributed by atoms with E-state index in [0.29, 0.717) is 17.6 Å². The maximum atomic E-state index is 13.7. The summed E-state index contributed by atoms with van der Waals surface area (Å²) in [7, 11) is 1.30. The van der Waals surface area contributed by atoms with Crippen molar-refractivity contribution in [1.82, 2.24) is 9.97 Å². The number of nitrogens with zero attached hydrogens (tertiary/aromatic N) is 2. The van der Waals surface area contributed by atoms with Crippen molar-refractivity contribution >= 4 is 29.0 Å². The molecule has 0 saturated heterocycles. The van der Waals surface area contributed by atoms with Crippen LogP contribution in [0, 0.1) is 12.7 Å². The highest BCUT2D eigenvalue weighted by molar-refractivity contribution is 7.94. The SMILES string of the molecule is COOSc1cc2nc(C)c(C(=O)O)nc2cc1F. The standard InChI is InChI=1S/C11H9FN2O4S/c1-5-10(11(15)16)14-7-3-6(12)9(19-18-17-2)4-8(7)13-5/h3-4H,1-2H3,(H,15,16). The van der Waals surface area contributed by atoms with Crippen LogP contribution in [0.4, 0.5) is 4.39 Å². The van der Waals surface area contributed by atoms with Gasteiger partial charge in [-0.25, -0.2) is 24.0 Å². The fraction of sp³-hybridized carbons (Fsp3) is 0.182. The second-order valence-corrected chi connectivity index (χ2v) is 4.29. The van der Waals surface area contributed by atoms with Gasteiger partial charge in [0, 0.05) is 6.07 Å². The third-order valence-corrected chi connectivity index (χ3v) is 2.98. The normalized spacial score (nSPS) is 10.9. The highest BCUT2D eigenvalue weighted by Crippen LogP contribution is 2.26. The Morgan fingerprint density at radius 2 is 2.05 bits per heavy atom. The molecule has 1 N–H and O–H groups in total. The summed E-state index contributed by atoms with van der Waals surface area (Å²) in [6.07, 6.45) is 0. The topological polar surface area (TPSA) is 81.5 Å². The molecule has 0 amide bonds. The molecular formula is C11H9FN2O4S. The average Bonchev–Trinajstić information content (AvgIpc) is 2.36. The van der Waals surface area contributed by atoms with Crippen molar-refractivity contribution < 1.29 is 23.5 Å². The molecule has 8 heteroatoms. The fourth-order valence-electron chi connectivity index (χ4n) is 1.48. The number of benzene rings is 1. The number of hydrogen-bond acceptors (Lipinski definition) is 6. The monoisotopic (exact) mass is 284 g/mol. The van der Waals surface area contributed by atoms with E-state index < -0.39 is 11.8 Å². The fourth-order valence-corrected chi connectivity index (χ4v) is 1.92. The molecule has 0 aliphatic rings. The summed E-state index contributed by atoms with van der Waals surface area (Å²) in [6, 6.07) is 2.52. The van der Waals surface area contributed by atoms with Gasteiger partial charge >= 0.3 is 5.97 Å². The van der Waals surface area contributed by atoms with Gasteiger partial charge in [0.15, 0.2) is 5.69 Å². The number of hydrogen-bond donors (Lipinski definition) is 1. The Morgan fingerprint density at radius 1 is 1.37 bits per heavy atom. The Morgan fingerprint density at radius 3 is 2.68 bits per heavy atom. The van der Waals surface area contributed by atoms with Crippen LogP contribution in [0.5, 0.6) is 0 Å². The number of carboxylic acids is 1. The first-order valence-corrected chi connectivity index (χ1v) is 5.85. The Bertz CT molecular complexity index is 650. The first-order valence-electron chi connectivity index (χ1n) is 5.11. The van der Waals surface area contributed by atoms with Gasteiger partial charge in [-0.1, -0.05) is 0 Å². The van der Waals surface area contributed by atoms with Crippen LogP contribution in [0.3, 0.4) is 0 Å². The number of rotatable bonds is 4. The first-order chi connectivity index (χ1) is 9.02. The van der Waals surface area contributed by atoms with Crippen molar-refractivity contribution in [3.8, 4) is 0 Å². The first kappa shape index (κ1) is 13.7. The van der Waals surface area contributed by atoms with Crippen molar-refractivity contribution in [3.63, 3.8) is 0 Å². The smallest absolute Gasteiger partial charge is 0.356 e. The van der Waals surface area contributed by atoms with Crippen LogP contribution in [0.1, 0.15) is 16.2 Å². The molecule has 0 aliphatic heterocycles. The van der Waals surface area contributed by atoms with Crippen molar-refractivity contribution in [2.75, 3.05) is 7.11 Å². The van der Waals surface area contributed by atoms with Gasteiger partial charge in [-0.15, -0.1) is 0 Å². The van der Waals surface area contributed by atoms with E-state index in [1.165, 1.54) is 20.1 Å². The zero-order valence-electron chi connectivity index (χ0n) is 10.0. The number of aromatic nitrogens is 2. The Hall–Kier alpha value is -1.77. The van der Waals surface area contributed by atoms with Crippen LogP contribution in [0.15, 0.2) is 17.0 Å². The number of aromatic carboxylic acids is 1. The molecule has 100 valence electrons.